The monoisotopic (exact) mass is 312 g/mol. The summed E-state index contributed by atoms with van der Waals surface area (Å²) in [6.07, 6.45) is 2.57. The summed E-state index contributed by atoms with van der Waals surface area (Å²) in [6, 6.07) is 8.65. The van der Waals surface area contributed by atoms with Gasteiger partial charge in [0.1, 0.15) is 12.4 Å². The average molecular weight is 313 g/mol. The zero-order chi connectivity index (χ0) is 12.8. The maximum atomic E-state index is 5.75. The molecule has 0 bridgehead atoms. The average Bonchev–Trinajstić information content (AvgIpc) is 2.41. The van der Waals surface area contributed by atoms with Gasteiger partial charge in [0.2, 0.25) is 0 Å². The summed E-state index contributed by atoms with van der Waals surface area (Å²) in [4.78, 5) is 2.48. The Balaban J connectivity index is 1.70. The Labute approximate surface area is 118 Å². The summed E-state index contributed by atoms with van der Waals surface area (Å²) in [5, 5.41) is 3.36. The van der Waals surface area contributed by atoms with Crippen LogP contribution in [-0.2, 0) is 0 Å². The summed E-state index contributed by atoms with van der Waals surface area (Å²) in [6.45, 7) is 4.11. The lowest BCUT2D eigenvalue weighted by molar-refractivity contribution is 0.162. The number of nitrogens with one attached hydrogen (secondary N) is 1. The summed E-state index contributed by atoms with van der Waals surface area (Å²) >= 11 is 3.42. The molecule has 18 heavy (non-hydrogen) atoms. The minimum Gasteiger partial charge on any atom is -0.492 e. The molecule has 4 heteroatoms. The highest BCUT2D eigenvalue weighted by Crippen LogP contribution is 2.16. The van der Waals surface area contributed by atoms with Crippen molar-refractivity contribution in [2.24, 2.45) is 0 Å². The third-order valence-electron chi connectivity index (χ3n) is 3.40. The standard InChI is InChI=1S/C14H21BrN2O/c1-16-13-3-2-8-17(11-13)9-10-18-14-6-4-12(15)5-7-14/h4-7,13,16H,2-3,8-11H2,1H3. The molecular formula is C14H21BrN2O. The fourth-order valence-electron chi connectivity index (χ4n) is 2.32. The summed E-state index contributed by atoms with van der Waals surface area (Å²) in [5.74, 6) is 0.945. The number of hydrogen-bond acceptors (Lipinski definition) is 3. The number of halogens is 1. The van der Waals surface area contributed by atoms with E-state index in [1.54, 1.807) is 0 Å². The van der Waals surface area contributed by atoms with E-state index in [0.717, 1.165) is 29.9 Å². The zero-order valence-corrected chi connectivity index (χ0v) is 12.4. The van der Waals surface area contributed by atoms with Gasteiger partial charge in [0.25, 0.3) is 0 Å². The van der Waals surface area contributed by atoms with E-state index in [4.69, 9.17) is 4.74 Å². The highest BCUT2D eigenvalue weighted by Gasteiger charge is 2.17. The van der Waals surface area contributed by atoms with Gasteiger partial charge >= 0.3 is 0 Å². The molecule has 1 saturated heterocycles. The maximum absolute atomic E-state index is 5.75. The predicted molar refractivity (Wildman–Crippen MR) is 78.2 cm³/mol. The van der Waals surface area contributed by atoms with Crippen molar-refractivity contribution in [3.63, 3.8) is 0 Å². The first kappa shape index (κ1) is 13.8. The molecule has 1 fully saturated rings. The van der Waals surface area contributed by atoms with Gasteiger partial charge in [0, 0.05) is 23.6 Å². The molecule has 100 valence electrons. The second-order valence-corrected chi connectivity index (χ2v) is 5.65. The Morgan fingerprint density at radius 1 is 1.39 bits per heavy atom. The number of rotatable bonds is 5. The molecule has 0 aliphatic carbocycles. The van der Waals surface area contributed by atoms with E-state index in [2.05, 4.69) is 26.1 Å². The fraction of sp³-hybridized carbons (Fsp3) is 0.571. The Morgan fingerprint density at radius 3 is 2.89 bits per heavy atom. The van der Waals surface area contributed by atoms with Crippen LogP contribution in [-0.4, -0.2) is 44.2 Å². The molecule has 0 spiro atoms. The lowest BCUT2D eigenvalue weighted by atomic mass is 10.1. The smallest absolute Gasteiger partial charge is 0.119 e. The Bertz CT molecular complexity index is 355. The first-order valence-corrected chi connectivity index (χ1v) is 7.35. The van der Waals surface area contributed by atoms with Crippen LogP contribution in [0.2, 0.25) is 0 Å². The number of ether oxygens (including phenoxy) is 1. The van der Waals surface area contributed by atoms with E-state index in [1.165, 1.54) is 19.4 Å². The van der Waals surface area contributed by atoms with E-state index in [0.29, 0.717) is 6.04 Å². The summed E-state index contributed by atoms with van der Waals surface area (Å²) in [7, 11) is 2.05. The third kappa shape index (κ3) is 4.26. The molecule has 2 rings (SSSR count). The van der Waals surface area contributed by atoms with E-state index in [1.807, 2.05) is 31.3 Å². The van der Waals surface area contributed by atoms with Crippen molar-refractivity contribution in [3.8, 4) is 5.75 Å². The zero-order valence-electron chi connectivity index (χ0n) is 10.9. The molecular weight excluding hydrogens is 292 g/mol. The largest absolute Gasteiger partial charge is 0.492 e. The molecule has 1 aromatic carbocycles. The molecule has 0 radical (unpaired) electrons. The number of piperidine rings is 1. The number of likely N-dealkylation sites (N-methyl/N-ethyl adjacent to an activating group) is 1. The van der Waals surface area contributed by atoms with Crippen LogP contribution in [0.5, 0.6) is 5.75 Å². The fourth-order valence-corrected chi connectivity index (χ4v) is 2.58. The molecule has 0 saturated carbocycles. The second kappa shape index (κ2) is 7.12. The van der Waals surface area contributed by atoms with Crippen LogP contribution in [0.4, 0.5) is 0 Å². The van der Waals surface area contributed by atoms with Crippen molar-refractivity contribution in [1.29, 1.82) is 0 Å². The molecule has 3 nitrogen and oxygen atoms in total. The molecule has 1 unspecified atom stereocenters. The van der Waals surface area contributed by atoms with Crippen molar-refractivity contribution >= 4 is 15.9 Å². The molecule has 1 aromatic rings. The van der Waals surface area contributed by atoms with Gasteiger partial charge in [-0.05, 0) is 50.7 Å². The van der Waals surface area contributed by atoms with Crippen molar-refractivity contribution in [3.05, 3.63) is 28.7 Å². The van der Waals surface area contributed by atoms with Crippen LogP contribution in [0.1, 0.15) is 12.8 Å². The third-order valence-corrected chi connectivity index (χ3v) is 3.93. The summed E-state index contributed by atoms with van der Waals surface area (Å²) < 4.78 is 6.84. The van der Waals surface area contributed by atoms with Crippen LogP contribution >= 0.6 is 15.9 Å². The van der Waals surface area contributed by atoms with Crippen LogP contribution in [0, 0.1) is 0 Å². The molecule has 0 aromatic heterocycles. The van der Waals surface area contributed by atoms with E-state index >= 15 is 0 Å². The van der Waals surface area contributed by atoms with Gasteiger partial charge in [-0.15, -0.1) is 0 Å². The van der Waals surface area contributed by atoms with E-state index in [-0.39, 0.29) is 0 Å². The highest BCUT2D eigenvalue weighted by atomic mass is 79.9. The first-order valence-electron chi connectivity index (χ1n) is 6.56. The Hall–Kier alpha value is -0.580. The van der Waals surface area contributed by atoms with Gasteiger partial charge in [0.05, 0.1) is 0 Å². The van der Waals surface area contributed by atoms with Crippen LogP contribution < -0.4 is 10.1 Å². The Morgan fingerprint density at radius 2 is 2.17 bits per heavy atom. The quantitative estimate of drug-likeness (QED) is 0.904. The molecule has 1 N–H and O–H groups in total. The van der Waals surface area contributed by atoms with Gasteiger partial charge in [-0.25, -0.2) is 0 Å². The van der Waals surface area contributed by atoms with Gasteiger partial charge in [-0.1, -0.05) is 15.9 Å². The SMILES string of the molecule is CNC1CCCN(CCOc2ccc(Br)cc2)C1. The van der Waals surface area contributed by atoms with Crippen LogP contribution in [0.3, 0.4) is 0 Å². The topological polar surface area (TPSA) is 24.5 Å². The normalized spacial score (nSPS) is 20.9. The van der Waals surface area contributed by atoms with Crippen LogP contribution in [0.25, 0.3) is 0 Å². The van der Waals surface area contributed by atoms with Crippen molar-refractivity contribution in [2.45, 2.75) is 18.9 Å². The predicted octanol–water partition coefficient (Wildman–Crippen LogP) is 2.51. The number of likely N-dealkylation sites (tertiary alicyclic amines) is 1. The molecule has 1 aliphatic rings. The molecule has 1 aliphatic heterocycles. The lowest BCUT2D eigenvalue weighted by Crippen LogP contribution is -2.45. The van der Waals surface area contributed by atoms with Gasteiger partial charge in [0.15, 0.2) is 0 Å². The molecule has 1 atom stereocenters. The van der Waals surface area contributed by atoms with Crippen molar-refractivity contribution < 1.29 is 4.74 Å². The van der Waals surface area contributed by atoms with Crippen molar-refractivity contribution in [2.75, 3.05) is 33.3 Å². The lowest BCUT2D eigenvalue weighted by Gasteiger charge is -2.32. The van der Waals surface area contributed by atoms with Gasteiger partial charge in [-0.2, -0.15) is 0 Å². The van der Waals surface area contributed by atoms with E-state index < -0.39 is 0 Å². The second-order valence-electron chi connectivity index (χ2n) is 4.73. The highest BCUT2D eigenvalue weighted by molar-refractivity contribution is 9.10. The summed E-state index contributed by atoms with van der Waals surface area (Å²) in [5.41, 5.74) is 0. The minimum atomic E-state index is 0.645. The molecule has 0 amide bonds. The first-order chi connectivity index (χ1) is 8.78. The Kier molecular flexibility index (Phi) is 5.47. The van der Waals surface area contributed by atoms with Gasteiger partial charge in [-0.3, -0.25) is 4.90 Å². The molecule has 1 heterocycles. The number of benzene rings is 1. The van der Waals surface area contributed by atoms with Gasteiger partial charge < -0.3 is 10.1 Å². The van der Waals surface area contributed by atoms with Crippen LogP contribution in [0.15, 0.2) is 28.7 Å². The maximum Gasteiger partial charge on any atom is 0.119 e. The number of hydrogen-bond donors (Lipinski definition) is 1. The number of nitrogens with zero attached hydrogens (tertiary/aromatic N) is 1. The minimum absolute atomic E-state index is 0.645. The van der Waals surface area contributed by atoms with E-state index in [9.17, 15) is 0 Å². The van der Waals surface area contributed by atoms with Crippen molar-refractivity contribution in [1.82, 2.24) is 10.2 Å².